The van der Waals surface area contributed by atoms with Crippen molar-refractivity contribution < 1.29 is 37.3 Å². The highest BCUT2D eigenvalue weighted by Gasteiger charge is 2.26. The Hall–Kier alpha value is -4.14. The Morgan fingerprint density at radius 3 is 1.13 bits per heavy atom. The molecule has 0 fully saturated rings. The van der Waals surface area contributed by atoms with Crippen molar-refractivity contribution in [2.45, 2.75) is 148 Å². The van der Waals surface area contributed by atoms with E-state index in [0.717, 1.165) is 116 Å². The molecule has 0 bridgehead atoms. The first-order chi connectivity index (χ1) is 33.6. The number of hydrogen-bond donors (Lipinski definition) is 1. The SMILES string of the molecule is CC/C=C\C/C=C\C/C=C\C/C=C\C/C=C\C/C=C\C/C=C\CCCCOCC(COP(=O)(O)OCC[N+](C)(C)C)OC(=O)CCC/C=C\C/C=C\C/C=C\C/C=C\C/C=C\C/C=C\C/C=C\CC. The first kappa shape index (κ1) is 64.9. The Balaban J connectivity index is 4.41. The van der Waals surface area contributed by atoms with E-state index < -0.39 is 19.9 Å². The molecule has 9 heteroatoms. The van der Waals surface area contributed by atoms with Gasteiger partial charge in [-0.05, 0) is 122 Å². The van der Waals surface area contributed by atoms with Gasteiger partial charge >= 0.3 is 13.8 Å². The molecule has 0 saturated heterocycles. The number of nitrogens with zero attached hydrogens (tertiary/aromatic N) is 1. The minimum atomic E-state index is -4.33. The fourth-order valence-electron chi connectivity index (χ4n) is 5.87. The van der Waals surface area contributed by atoms with Gasteiger partial charge in [0.15, 0.2) is 0 Å². The maximum absolute atomic E-state index is 12.8. The monoisotopic (exact) mass is 973 g/mol. The van der Waals surface area contributed by atoms with E-state index in [1.165, 1.54) is 0 Å². The number of allylic oxidation sites excluding steroid dienone is 28. The highest BCUT2D eigenvalue weighted by atomic mass is 31.2. The summed E-state index contributed by atoms with van der Waals surface area (Å²) in [5, 5.41) is 0. The second-order valence-corrected chi connectivity index (χ2v) is 18.9. The zero-order valence-electron chi connectivity index (χ0n) is 43.7. The Morgan fingerprint density at radius 1 is 0.449 bits per heavy atom. The molecule has 2 atom stereocenters. The number of ether oxygens (including phenoxy) is 2. The summed E-state index contributed by atoms with van der Waals surface area (Å²) in [5.41, 5.74) is 0. The summed E-state index contributed by atoms with van der Waals surface area (Å²) in [6.45, 7) is 5.14. The normalized spacial score (nSPS) is 14.9. The van der Waals surface area contributed by atoms with Gasteiger partial charge in [-0.1, -0.05) is 184 Å². The number of quaternary nitrogens is 1. The van der Waals surface area contributed by atoms with Crippen molar-refractivity contribution >= 4 is 13.8 Å². The van der Waals surface area contributed by atoms with Gasteiger partial charge in [0.25, 0.3) is 0 Å². The highest BCUT2D eigenvalue weighted by molar-refractivity contribution is 7.47. The fourth-order valence-corrected chi connectivity index (χ4v) is 6.61. The van der Waals surface area contributed by atoms with E-state index in [4.69, 9.17) is 18.5 Å². The molecule has 0 aromatic carbocycles. The second-order valence-electron chi connectivity index (χ2n) is 17.4. The number of likely N-dealkylation sites (N-methyl/N-ethyl adjacent to an activating group) is 1. The molecule has 0 aromatic heterocycles. The van der Waals surface area contributed by atoms with Crippen LogP contribution in [0.3, 0.4) is 0 Å². The number of phosphoric ester groups is 1. The van der Waals surface area contributed by atoms with Crippen molar-refractivity contribution in [2.75, 3.05) is 54.1 Å². The van der Waals surface area contributed by atoms with Crippen molar-refractivity contribution in [3.63, 3.8) is 0 Å². The van der Waals surface area contributed by atoms with Gasteiger partial charge in [0.2, 0.25) is 0 Å². The van der Waals surface area contributed by atoms with Crippen molar-refractivity contribution in [3.05, 3.63) is 170 Å². The predicted molar refractivity (Wildman–Crippen MR) is 297 cm³/mol. The van der Waals surface area contributed by atoms with E-state index in [2.05, 4.69) is 184 Å². The van der Waals surface area contributed by atoms with Gasteiger partial charge in [-0.3, -0.25) is 13.8 Å². The van der Waals surface area contributed by atoms with E-state index in [-0.39, 0.29) is 26.2 Å². The number of esters is 1. The van der Waals surface area contributed by atoms with Crippen LogP contribution in [0, 0.1) is 0 Å². The molecule has 0 aliphatic carbocycles. The molecule has 0 rings (SSSR count). The van der Waals surface area contributed by atoms with Crippen LogP contribution in [-0.2, 0) is 27.9 Å². The van der Waals surface area contributed by atoms with Crippen LogP contribution < -0.4 is 0 Å². The first-order valence-electron chi connectivity index (χ1n) is 25.9. The van der Waals surface area contributed by atoms with Crippen LogP contribution in [0.15, 0.2) is 170 Å². The van der Waals surface area contributed by atoms with Gasteiger partial charge in [-0.25, -0.2) is 4.57 Å². The van der Waals surface area contributed by atoms with Crippen molar-refractivity contribution in [1.29, 1.82) is 0 Å². The van der Waals surface area contributed by atoms with Gasteiger partial charge in [0.05, 0.1) is 34.4 Å². The topological polar surface area (TPSA) is 91.3 Å². The van der Waals surface area contributed by atoms with Crippen LogP contribution in [0.25, 0.3) is 0 Å². The molecule has 0 aliphatic rings. The van der Waals surface area contributed by atoms with Crippen LogP contribution in [0.5, 0.6) is 0 Å². The third-order valence-electron chi connectivity index (χ3n) is 9.77. The summed E-state index contributed by atoms with van der Waals surface area (Å²) in [7, 11) is 1.57. The summed E-state index contributed by atoms with van der Waals surface area (Å²) in [6.07, 6.45) is 78.5. The van der Waals surface area contributed by atoms with Crippen LogP contribution >= 0.6 is 7.82 Å². The summed E-state index contributed by atoms with van der Waals surface area (Å²) >= 11 is 0. The standard InChI is InChI=1S/C60H94NO7P/c1-6-8-10-12-14-16-18-20-22-24-26-28-30-32-34-36-38-40-42-44-46-48-50-52-55-65-57-59(58-67-69(63,64)66-56-54-61(3,4)5)68-60(62)53-51-49-47-45-43-41-39-37-35-33-31-29-27-25-23-21-19-17-15-13-11-9-7-2/h8-11,14-17,20-23,26-29,32-35,38-41,44-47,59H,6-7,12-13,18-19,24-25,30-31,36-37,42-43,48-58H2,1-5H3/p+1/b10-8-,11-9-,16-14-,17-15-,22-20-,23-21-,28-26-,29-27-,34-32-,35-33-,40-38-,41-39-,46-44-,47-45-. The maximum atomic E-state index is 12.8. The van der Waals surface area contributed by atoms with Gasteiger partial charge in [0.1, 0.15) is 19.3 Å². The van der Waals surface area contributed by atoms with E-state index >= 15 is 0 Å². The second kappa shape index (κ2) is 50.3. The summed E-state index contributed by atoms with van der Waals surface area (Å²) in [6, 6.07) is 0. The Labute approximate surface area is 422 Å². The van der Waals surface area contributed by atoms with Crippen LogP contribution in [0.2, 0.25) is 0 Å². The summed E-state index contributed by atoms with van der Waals surface area (Å²) in [5.74, 6) is -0.395. The number of hydrogen-bond acceptors (Lipinski definition) is 6. The molecule has 2 unspecified atom stereocenters. The van der Waals surface area contributed by atoms with E-state index in [1.807, 2.05) is 21.1 Å². The number of unbranched alkanes of at least 4 members (excludes halogenated alkanes) is 3. The van der Waals surface area contributed by atoms with Crippen molar-refractivity contribution in [1.82, 2.24) is 0 Å². The Bertz CT molecular complexity index is 1700. The molecule has 0 amide bonds. The molecule has 1 N–H and O–H groups in total. The summed E-state index contributed by atoms with van der Waals surface area (Å²) < 4.78 is 35.0. The molecule has 8 nitrogen and oxygen atoms in total. The lowest BCUT2D eigenvalue weighted by Crippen LogP contribution is -2.37. The molecule has 0 radical (unpaired) electrons. The zero-order chi connectivity index (χ0) is 50.5. The van der Waals surface area contributed by atoms with Crippen LogP contribution in [0.1, 0.15) is 142 Å². The van der Waals surface area contributed by atoms with E-state index in [0.29, 0.717) is 24.1 Å². The van der Waals surface area contributed by atoms with Crippen LogP contribution in [-0.4, -0.2) is 75.6 Å². The lowest BCUT2D eigenvalue weighted by atomic mass is 10.2. The third-order valence-corrected chi connectivity index (χ3v) is 10.8. The van der Waals surface area contributed by atoms with Gasteiger partial charge in [-0.15, -0.1) is 0 Å². The van der Waals surface area contributed by atoms with Crippen molar-refractivity contribution in [2.24, 2.45) is 0 Å². The molecule has 0 spiro atoms. The fraction of sp³-hybridized carbons (Fsp3) is 0.517. The molecular formula is C60H95NO7P+. The van der Waals surface area contributed by atoms with E-state index in [9.17, 15) is 14.3 Å². The largest absolute Gasteiger partial charge is 0.472 e. The van der Waals surface area contributed by atoms with E-state index in [1.54, 1.807) is 0 Å². The average molecular weight is 973 g/mol. The smallest absolute Gasteiger partial charge is 0.457 e. The molecule has 0 saturated carbocycles. The van der Waals surface area contributed by atoms with Gasteiger partial charge in [-0.2, -0.15) is 0 Å². The molecule has 386 valence electrons. The first-order valence-corrected chi connectivity index (χ1v) is 27.4. The minimum Gasteiger partial charge on any atom is -0.457 e. The Kier molecular flexibility index (Phi) is 47.2. The predicted octanol–water partition coefficient (Wildman–Crippen LogP) is 16.4. The molecule has 0 heterocycles. The lowest BCUT2D eigenvalue weighted by Gasteiger charge is -2.24. The van der Waals surface area contributed by atoms with Gasteiger partial charge < -0.3 is 18.9 Å². The summed E-state index contributed by atoms with van der Waals surface area (Å²) in [4.78, 5) is 23.0. The number of carbonyl (C=O) groups is 1. The quantitative estimate of drug-likeness (QED) is 0.0214. The minimum absolute atomic E-state index is 0.0572. The number of rotatable bonds is 45. The van der Waals surface area contributed by atoms with Gasteiger partial charge in [0, 0.05) is 13.0 Å². The average Bonchev–Trinajstić information content (AvgIpc) is 3.31. The van der Waals surface area contributed by atoms with Crippen molar-refractivity contribution in [3.8, 4) is 0 Å². The molecule has 69 heavy (non-hydrogen) atoms. The molecule has 0 aromatic rings. The van der Waals surface area contributed by atoms with Crippen LogP contribution in [0.4, 0.5) is 0 Å². The number of carbonyl (C=O) groups excluding carboxylic acids is 1. The highest BCUT2D eigenvalue weighted by Crippen LogP contribution is 2.43. The molecular weight excluding hydrogens is 878 g/mol. The maximum Gasteiger partial charge on any atom is 0.472 e. The molecule has 0 aliphatic heterocycles. The zero-order valence-corrected chi connectivity index (χ0v) is 44.6. The third kappa shape index (κ3) is 54.7. The Morgan fingerprint density at radius 2 is 0.783 bits per heavy atom. The lowest BCUT2D eigenvalue weighted by molar-refractivity contribution is -0.870. The number of phosphoric acid groups is 1.